The zero-order valence-electron chi connectivity index (χ0n) is 19.0. The topological polar surface area (TPSA) is 87.1 Å². The highest BCUT2D eigenvalue weighted by atomic mass is 32.2. The van der Waals surface area contributed by atoms with Crippen LogP contribution in [-0.2, 0) is 12.8 Å². The van der Waals surface area contributed by atoms with Gasteiger partial charge in [0.15, 0.2) is 5.16 Å². The van der Waals surface area contributed by atoms with Crippen LogP contribution in [0.4, 0.5) is 0 Å². The Bertz CT molecular complexity index is 1870. The van der Waals surface area contributed by atoms with Gasteiger partial charge in [-0.05, 0) is 43.3 Å². The maximum atomic E-state index is 13.5. The number of hydrogen-bond donors (Lipinski definition) is 0. The molecule has 6 rings (SSSR count). The van der Waals surface area contributed by atoms with E-state index < -0.39 is 0 Å². The second-order valence-electron chi connectivity index (χ2n) is 8.31. The number of nitrogens with zero attached hydrogens (tertiary/aromatic N) is 6. The summed E-state index contributed by atoms with van der Waals surface area (Å²) in [4.78, 5) is 31.1. The van der Waals surface area contributed by atoms with Crippen LogP contribution in [0.5, 0.6) is 0 Å². The zero-order valence-corrected chi connectivity index (χ0v) is 19.9. The lowest BCUT2D eigenvalue weighted by molar-refractivity contribution is 0.817. The van der Waals surface area contributed by atoms with E-state index in [0.717, 1.165) is 16.8 Å². The summed E-state index contributed by atoms with van der Waals surface area (Å²) < 4.78 is 5.03. The molecule has 0 fully saturated rings. The average molecular weight is 481 g/mol. The minimum Gasteiger partial charge on any atom is -0.279 e. The van der Waals surface area contributed by atoms with E-state index in [1.54, 1.807) is 23.7 Å². The number of rotatable bonds is 4. The molecule has 0 unspecified atom stereocenters. The highest BCUT2D eigenvalue weighted by Crippen LogP contribution is 2.25. The molecule has 0 amide bonds. The number of thioether (sulfide) groups is 1. The normalized spacial score (nSPS) is 11.6. The van der Waals surface area contributed by atoms with E-state index >= 15 is 0 Å². The lowest BCUT2D eigenvalue weighted by Gasteiger charge is -2.13. The average Bonchev–Trinajstić information content (AvgIpc) is 3.31. The maximum Gasteiger partial charge on any atom is 0.266 e. The molecule has 0 aliphatic carbocycles. The number of para-hydroxylation sites is 2. The number of fused-ring (bicyclic) bond motifs is 4. The van der Waals surface area contributed by atoms with Crippen molar-refractivity contribution in [3.63, 3.8) is 0 Å². The van der Waals surface area contributed by atoms with Gasteiger partial charge in [-0.3, -0.25) is 23.1 Å². The fourth-order valence-electron chi connectivity index (χ4n) is 4.25. The predicted molar refractivity (Wildman–Crippen MR) is 137 cm³/mol. The van der Waals surface area contributed by atoms with Gasteiger partial charge < -0.3 is 0 Å². The molecule has 3 aromatic heterocycles. The van der Waals surface area contributed by atoms with Crippen LogP contribution in [0.3, 0.4) is 0 Å². The Balaban J connectivity index is 1.51. The van der Waals surface area contributed by atoms with Gasteiger partial charge in [-0.25, -0.2) is 4.98 Å². The van der Waals surface area contributed by atoms with Crippen molar-refractivity contribution in [1.29, 1.82) is 0 Å². The van der Waals surface area contributed by atoms with E-state index in [1.807, 2.05) is 72.0 Å². The summed E-state index contributed by atoms with van der Waals surface area (Å²) in [5.74, 6) is 1.53. The van der Waals surface area contributed by atoms with Gasteiger partial charge in [-0.15, -0.1) is 10.2 Å². The van der Waals surface area contributed by atoms with Crippen molar-refractivity contribution in [2.75, 3.05) is 0 Å². The van der Waals surface area contributed by atoms with E-state index in [9.17, 15) is 9.59 Å². The number of benzene rings is 3. The summed E-state index contributed by atoms with van der Waals surface area (Å²) in [6.45, 7) is 2.01. The van der Waals surface area contributed by atoms with Crippen LogP contribution in [0.25, 0.3) is 33.3 Å². The van der Waals surface area contributed by atoms with Crippen molar-refractivity contribution < 1.29 is 0 Å². The second kappa shape index (κ2) is 8.21. The van der Waals surface area contributed by atoms with Crippen LogP contribution < -0.4 is 11.1 Å². The molecule has 0 aliphatic rings. The van der Waals surface area contributed by atoms with E-state index in [0.29, 0.717) is 38.8 Å². The second-order valence-corrected chi connectivity index (χ2v) is 9.25. The Kier molecular flexibility index (Phi) is 5.00. The molecule has 0 radical (unpaired) electrons. The summed E-state index contributed by atoms with van der Waals surface area (Å²) >= 11 is 1.41. The molecule has 0 saturated heterocycles. The third kappa shape index (κ3) is 3.43. The van der Waals surface area contributed by atoms with Crippen molar-refractivity contribution in [1.82, 2.24) is 28.7 Å². The first kappa shape index (κ1) is 21.3. The maximum absolute atomic E-state index is 13.5. The van der Waals surface area contributed by atoms with E-state index in [4.69, 9.17) is 4.98 Å². The van der Waals surface area contributed by atoms with Crippen molar-refractivity contribution in [3.05, 3.63) is 105 Å². The highest BCUT2D eigenvalue weighted by Gasteiger charge is 2.18. The van der Waals surface area contributed by atoms with Crippen molar-refractivity contribution in [3.8, 4) is 5.69 Å². The molecule has 0 atom stereocenters. The molecule has 8 nitrogen and oxygen atoms in total. The van der Waals surface area contributed by atoms with Gasteiger partial charge in [0.05, 0.1) is 33.2 Å². The van der Waals surface area contributed by atoms with Crippen molar-refractivity contribution in [2.45, 2.75) is 17.8 Å². The number of aryl methyl sites for hydroxylation is 2. The molecule has 0 bridgehead atoms. The molecular formula is C26H20N6O2S. The number of aromatic nitrogens is 6. The fourth-order valence-corrected chi connectivity index (χ4v) is 5.17. The first-order valence-corrected chi connectivity index (χ1v) is 12.0. The predicted octanol–water partition coefficient (Wildman–Crippen LogP) is 3.88. The molecule has 6 aromatic rings. The number of hydrogen-bond acceptors (Lipinski definition) is 6. The van der Waals surface area contributed by atoms with Gasteiger partial charge in [0, 0.05) is 7.05 Å². The fraction of sp³-hybridized carbons (Fsp3) is 0.115. The molecule has 172 valence electrons. The highest BCUT2D eigenvalue weighted by molar-refractivity contribution is 7.98. The Labute approximate surface area is 203 Å². The molecule has 3 heterocycles. The molecular weight excluding hydrogens is 460 g/mol. The Hall–Kier alpha value is -4.24. The third-order valence-electron chi connectivity index (χ3n) is 6.06. The van der Waals surface area contributed by atoms with Gasteiger partial charge in [-0.1, -0.05) is 53.7 Å². The van der Waals surface area contributed by atoms with Gasteiger partial charge in [-0.2, -0.15) is 0 Å². The Morgan fingerprint density at radius 1 is 0.829 bits per heavy atom. The standard InChI is InChI=1S/C26H20N6O2S/c1-16-11-13-17(14-12-16)31-24(34)18-7-3-5-9-20(18)27-26(31)35-15-22-28-29-25-30(2)23(33)19-8-4-6-10-21(19)32(22)25/h3-14H,15H2,1-2H3. The van der Waals surface area contributed by atoms with Crippen LogP contribution in [-0.4, -0.2) is 28.7 Å². The molecule has 0 saturated carbocycles. The molecule has 3 aromatic carbocycles. The van der Waals surface area contributed by atoms with Crippen molar-refractivity contribution >= 4 is 39.3 Å². The molecule has 35 heavy (non-hydrogen) atoms. The molecule has 0 aliphatic heterocycles. The largest absolute Gasteiger partial charge is 0.279 e. The van der Waals surface area contributed by atoms with Crippen LogP contribution in [0.15, 0.2) is 87.5 Å². The summed E-state index contributed by atoms with van der Waals surface area (Å²) in [7, 11) is 1.69. The van der Waals surface area contributed by atoms with Gasteiger partial charge >= 0.3 is 0 Å². The van der Waals surface area contributed by atoms with Crippen LogP contribution in [0.2, 0.25) is 0 Å². The molecule has 0 spiro atoms. The molecule has 9 heteroatoms. The van der Waals surface area contributed by atoms with E-state index in [2.05, 4.69) is 10.2 Å². The van der Waals surface area contributed by atoms with Crippen LogP contribution in [0.1, 0.15) is 11.4 Å². The Morgan fingerprint density at radius 2 is 1.54 bits per heavy atom. The summed E-state index contributed by atoms with van der Waals surface area (Å²) in [5.41, 5.74) is 3.00. The minimum absolute atomic E-state index is 0.121. The summed E-state index contributed by atoms with van der Waals surface area (Å²) in [6, 6.07) is 22.6. The van der Waals surface area contributed by atoms with Gasteiger partial charge in [0.25, 0.3) is 11.1 Å². The van der Waals surface area contributed by atoms with Crippen LogP contribution >= 0.6 is 11.8 Å². The third-order valence-corrected chi connectivity index (χ3v) is 7.00. The lowest BCUT2D eigenvalue weighted by atomic mass is 10.2. The smallest absolute Gasteiger partial charge is 0.266 e. The first-order chi connectivity index (χ1) is 17.0. The van der Waals surface area contributed by atoms with E-state index in [1.165, 1.54) is 16.3 Å². The summed E-state index contributed by atoms with van der Waals surface area (Å²) in [6.07, 6.45) is 0. The minimum atomic E-state index is -0.124. The van der Waals surface area contributed by atoms with Gasteiger partial charge in [0.2, 0.25) is 5.78 Å². The van der Waals surface area contributed by atoms with Gasteiger partial charge in [0.1, 0.15) is 5.82 Å². The zero-order chi connectivity index (χ0) is 24.1. The monoisotopic (exact) mass is 480 g/mol. The van der Waals surface area contributed by atoms with Crippen molar-refractivity contribution in [2.24, 2.45) is 7.05 Å². The lowest BCUT2D eigenvalue weighted by Crippen LogP contribution is -2.22. The Morgan fingerprint density at radius 3 is 2.34 bits per heavy atom. The van der Waals surface area contributed by atoms with E-state index in [-0.39, 0.29) is 11.1 Å². The first-order valence-electron chi connectivity index (χ1n) is 11.1. The quantitative estimate of drug-likeness (QED) is 0.281. The molecule has 0 N–H and O–H groups in total. The summed E-state index contributed by atoms with van der Waals surface area (Å²) in [5, 5.41) is 10.4. The van der Waals surface area contributed by atoms with Crippen LogP contribution in [0, 0.1) is 6.92 Å². The SMILES string of the molecule is Cc1ccc(-n2c(SCc3nnc4n(C)c(=O)c5ccccc5n34)nc3ccccc3c2=O)cc1.